The second-order valence-electron chi connectivity index (χ2n) is 4.57. The third-order valence-corrected chi connectivity index (χ3v) is 3.19. The van der Waals surface area contributed by atoms with E-state index >= 15 is 0 Å². The van der Waals surface area contributed by atoms with Crippen molar-refractivity contribution in [2.24, 2.45) is 0 Å². The third kappa shape index (κ3) is 2.55. The Bertz CT molecular complexity index is 550. The van der Waals surface area contributed by atoms with Gasteiger partial charge < -0.3 is 20.7 Å². The van der Waals surface area contributed by atoms with E-state index in [1.54, 1.807) is 12.1 Å². The third-order valence-electron chi connectivity index (χ3n) is 3.19. The highest BCUT2D eigenvalue weighted by Gasteiger charge is 2.20. The van der Waals surface area contributed by atoms with Crippen LogP contribution in [0.25, 0.3) is 0 Å². The summed E-state index contributed by atoms with van der Waals surface area (Å²) in [6.07, 6.45) is 0.399. The van der Waals surface area contributed by atoms with Gasteiger partial charge in [-0.1, -0.05) is 0 Å². The molecule has 1 heterocycles. The van der Waals surface area contributed by atoms with Crippen molar-refractivity contribution >= 4 is 23.0 Å². The Morgan fingerprint density at radius 1 is 1.63 bits per heavy atom. The number of nitriles is 1. The maximum Gasteiger partial charge on any atom is 0.262 e. The molecule has 0 spiro atoms. The second kappa shape index (κ2) is 5.06. The van der Waals surface area contributed by atoms with Crippen molar-refractivity contribution < 1.29 is 9.53 Å². The molecular formula is C13H16N4O2. The number of nitrogens with one attached hydrogen (secondary N) is 1. The average molecular weight is 260 g/mol. The molecule has 3 N–H and O–H groups in total. The van der Waals surface area contributed by atoms with E-state index in [2.05, 4.69) is 11.4 Å². The standard InChI is InChI=1S/C13H16N4O2/c1-8(3-4-14)17(2)11-6-10-12(5-9(11)15)19-7-13(18)16-10/h5-6,8H,3,7,15H2,1-2H3,(H,16,18). The summed E-state index contributed by atoms with van der Waals surface area (Å²) in [7, 11) is 1.87. The number of benzene rings is 1. The normalized spacial score (nSPS) is 14.7. The average Bonchev–Trinajstić information content (AvgIpc) is 2.38. The molecule has 6 nitrogen and oxygen atoms in total. The van der Waals surface area contributed by atoms with E-state index in [4.69, 9.17) is 15.7 Å². The molecular weight excluding hydrogens is 244 g/mol. The van der Waals surface area contributed by atoms with Gasteiger partial charge in [-0.05, 0) is 13.0 Å². The smallest absolute Gasteiger partial charge is 0.262 e. The summed E-state index contributed by atoms with van der Waals surface area (Å²) in [5.74, 6) is 0.387. The number of carbonyl (C=O) groups excluding carboxylic acids is 1. The number of hydrogen-bond donors (Lipinski definition) is 2. The number of hydrogen-bond acceptors (Lipinski definition) is 5. The van der Waals surface area contributed by atoms with Gasteiger partial charge in [0.25, 0.3) is 5.91 Å². The number of nitrogens with zero attached hydrogens (tertiary/aromatic N) is 2. The molecule has 1 aromatic carbocycles. The number of nitrogens with two attached hydrogens (primary N) is 1. The molecule has 19 heavy (non-hydrogen) atoms. The molecule has 1 atom stereocenters. The molecule has 2 rings (SSSR count). The maximum atomic E-state index is 11.3. The topological polar surface area (TPSA) is 91.4 Å². The fraction of sp³-hybridized carbons (Fsp3) is 0.385. The summed E-state index contributed by atoms with van der Waals surface area (Å²) in [4.78, 5) is 13.2. The highest BCUT2D eigenvalue weighted by atomic mass is 16.5. The van der Waals surface area contributed by atoms with Gasteiger partial charge in [0.2, 0.25) is 0 Å². The number of nitrogen functional groups attached to an aromatic ring is 1. The first-order valence-electron chi connectivity index (χ1n) is 5.99. The summed E-state index contributed by atoms with van der Waals surface area (Å²) >= 11 is 0. The molecule has 1 aliphatic heterocycles. The number of carbonyl (C=O) groups is 1. The minimum absolute atomic E-state index is 0.00641. The van der Waals surface area contributed by atoms with E-state index in [-0.39, 0.29) is 18.6 Å². The van der Waals surface area contributed by atoms with E-state index in [1.807, 2.05) is 18.9 Å². The summed E-state index contributed by atoms with van der Waals surface area (Å²) in [5.41, 5.74) is 7.93. The summed E-state index contributed by atoms with van der Waals surface area (Å²) < 4.78 is 5.30. The Labute approximate surface area is 111 Å². The van der Waals surface area contributed by atoms with E-state index in [9.17, 15) is 4.79 Å². The van der Waals surface area contributed by atoms with Gasteiger partial charge in [-0.3, -0.25) is 4.79 Å². The van der Waals surface area contributed by atoms with E-state index in [0.29, 0.717) is 23.5 Å². The molecule has 100 valence electrons. The molecule has 0 bridgehead atoms. The van der Waals surface area contributed by atoms with Gasteiger partial charge in [-0.25, -0.2) is 0 Å². The van der Waals surface area contributed by atoms with Gasteiger partial charge in [-0.15, -0.1) is 0 Å². The number of fused-ring (bicyclic) bond motifs is 1. The second-order valence-corrected chi connectivity index (χ2v) is 4.57. The van der Waals surface area contributed by atoms with Crippen LogP contribution in [0.4, 0.5) is 17.1 Å². The first-order chi connectivity index (χ1) is 9.02. The highest BCUT2D eigenvalue weighted by Crippen LogP contribution is 2.37. The van der Waals surface area contributed by atoms with Crippen molar-refractivity contribution in [3.63, 3.8) is 0 Å². The molecule has 0 saturated carbocycles. The predicted molar refractivity (Wildman–Crippen MR) is 73.1 cm³/mol. The van der Waals surface area contributed by atoms with Crippen LogP contribution in [-0.2, 0) is 4.79 Å². The molecule has 1 aromatic rings. The van der Waals surface area contributed by atoms with Crippen LogP contribution < -0.4 is 20.7 Å². The van der Waals surface area contributed by atoms with Crippen LogP contribution >= 0.6 is 0 Å². The number of anilines is 3. The minimum Gasteiger partial charge on any atom is -0.482 e. The molecule has 0 aliphatic carbocycles. The lowest BCUT2D eigenvalue weighted by atomic mass is 10.1. The predicted octanol–water partition coefficient (Wildman–Crippen LogP) is 1.34. The molecule has 0 aromatic heterocycles. The Kier molecular flexibility index (Phi) is 3.47. The van der Waals surface area contributed by atoms with Crippen LogP contribution in [0.3, 0.4) is 0 Å². The molecule has 0 radical (unpaired) electrons. The Hall–Kier alpha value is -2.42. The van der Waals surface area contributed by atoms with Crippen molar-refractivity contribution in [2.45, 2.75) is 19.4 Å². The number of rotatable bonds is 3. The lowest BCUT2D eigenvalue weighted by molar-refractivity contribution is -0.118. The molecule has 1 unspecified atom stereocenters. The summed E-state index contributed by atoms with van der Waals surface area (Å²) in [6.45, 7) is 1.95. The van der Waals surface area contributed by atoms with E-state index in [0.717, 1.165) is 5.69 Å². The quantitative estimate of drug-likeness (QED) is 0.800. The fourth-order valence-electron chi connectivity index (χ4n) is 1.94. The van der Waals surface area contributed by atoms with Gasteiger partial charge in [0.15, 0.2) is 6.61 Å². The molecule has 6 heteroatoms. The van der Waals surface area contributed by atoms with Crippen molar-refractivity contribution in [1.82, 2.24) is 0 Å². The van der Waals surface area contributed by atoms with Crippen LogP contribution in [0.1, 0.15) is 13.3 Å². The fourth-order valence-corrected chi connectivity index (χ4v) is 1.94. The van der Waals surface area contributed by atoms with Crippen LogP contribution in [0.5, 0.6) is 5.75 Å². The zero-order chi connectivity index (χ0) is 14.0. The first-order valence-corrected chi connectivity index (χ1v) is 5.99. The molecule has 1 amide bonds. The van der Waals surface area contributed by atoms with Gasteiger partial charge in [0, 0.05) is 19.2 Å². The summed E-state index contributed by atoms with van der Waals surface area (Å²) in [6, 6.07) is 5.63. The van der Waals surface area contributed by atoms with Gasteiger partial charge in [0.1, 0.15) is 5.75 Å². The Morgan fingerprint density at radius 2 is 2.37 bits per heavy atom. The summed E-state index contributed by atoms with van der Waals surface area (Å²) in [5, 5.41) is 11.5. The monoisotopic (exact) mass is 260 g/mol. The highest BCUT2D eigenvalue weighted by molar-refractivity contribution is 5.97. The van der Waals surface area contributed by atoms with Crippen LogP contribution in [0.15, 0.2) is 12.1 Å². The Morgan fingerprint density at radius 3 is 3.05 bits per heavy atom. The Balaban J connectivity index is 2.34. The van der Waals surface area contributed by atoms with Crippen LogP contribution in [-0.4, -0.2) is 25.6 Å². The van der Waals surface area contributed by atoms with Crippen molar-refractivity contribution in [3.8, 4) is 11.8 Å². The van der Waals surface area contributed by atoms with Gasteiger partial charge >= 0.3 is 0 Å². The molecule has 0 fully saturated rings. The van der Waals surface area contributed by atoms with Crippen molar-refractivity contribution in [2.75, 3.05) is 29.6 Å². The lowest BCUT2D eigenvalue weighted by Crippen LogP contribution is -2.30. The molecule has 1 aliphatic rings. The minimum atomic E-state index is -0.184. The van der Waals surface area contributed by atoms with Crippen LogP contribution in [0.2, 0.25) is 0 Å². The van der Waals surface area contributed by atoms with Crippen molar-refractivity contribution in [1.29, 1.82) is 5.26 Å². The SMILES string of the molecule is CC(CC#N)N(C)c1cc2c(cc1N)OCC(=O)N2. The van der Waals surface area contributed by atoms with Crippen LogP contribution in [0, 0.1) is 11.3 Å². The largest absolute Gasteiger partial charge is 0.482 e. The zero-order valence-corrected chi connectivity index (χ0v) is 10.9. The first kappa shape index (κ1) is 13.0. The number of amides is 1. The van der Waals surface area contributed by atoms with E-state index in [1.165, 1.54) is 0 Å². The van der Waals surface area contributed by atoms with Gasteiger partial charge in [0.05, 0.1) is 29.6 Å². The maximum absolute atomic E-state index is 11.3. The zero-order valence-electron chi connectivity index (χ0n) is 10.9. The van der Waals surface area contributed by atoms with Crippen molar-refractivity contribution in [3.05, 3.63) is 12.1 Å². The van der Waals surface area contributed by atoms with Gasteiger partial charge in [-0.2, -0.15) is 5.26 Å². The molecule has 0 saturated heterocycles. The lowest BCUT2D eigenvalue weighted by Gasteiger charge is -2.28. The number of ether oxygens (including phenoxy) is 1. The van der Waals surface area contributed by atoms with E-state index < -0.39 is 0 Å².